The Balaban J connectivity index is 1.63. The number of carbonyl (C=O) groups excluding carboxylic acids is 2. The molecular formula is C21H24ClFN4O2. The van der Waals surface area contributed by atoms with Crippen molar-refractivity contribution in [3.8, 4) is 0 Å². The standard InChI is InChI=1S/C21H24ClFN4O2/c1-26(2)19(13-4-7-18-14(10-13)8-9-27(18)3)12-24-20(28)21(29)25-15-5-6-17(23)16(22)11-15/h4-7,10-11,19H,8-9,12H2,1-3H3,(H,24,28)(H,25,29). The fourth-order valence-electron chi connectivity index (χ4n) is 3.42. The van der Waals surface area contributed by atoms with Gasteiger partial charge in [-0.25, -0.2) is 4.39 Å². The summed E-state index contributed by atoms with van der Waals surface area (Å²) < 4.78 is 13.2. The minimum absolute atomic E-state index is 0.0804. The molecule has 0 saturated heterocycles. The summed E-state index contributed by atoms with van der Waals surface area (Å²) in [4.78, 5) is 28.6. The van der Waals surface area contributed by atoms with Crippen LogP contribution in [0.5, 0.6) is 0 Å². The van der Waals surface area contributed by atoms with Gasteiger partial charge in [0, 0.05) is 31.5 Å². The zero-order valence-electron chi connectivity index (χ0n) is 16.6. The fourth-order valence-corrected chi connectivity index (χ4v) is 3.60. The number of hydrogen-bond acceptors (Lipinski definition) is 4. The van der Waals surface area contributed by atoms with E-state index in [9.17, 15) is 14.0 Å². The Hall–Kier alpha value is -2.64. The number of nitrogens with zero attached hydrogens (tertiary/aromatic N) is 2. The molecule has 2 aromatic rings. The van der Waals surface area contributed by atoms with Crippen molar-refractivity contribution < 1.29 is 14.0 Å². The van der Waals surface area contributed by atoms with Gasteiger partial charge in [0.05, 0.1) is 11.1 Å². The highest BCUT2D eigenvalue weighted by molar-refractivity contribution is 6.39. The number of anilines is 2. The second kappa shape index (κ2) is 8.80. The molecule has 0 radical (unpaired) electrons. The van der Waals surface area contributed by atoms with E-state index in [1.165, 1.54) is 23.4 Å². The molecule has 1 heterocycles. The quantitative estimate of drug-likeness (QED) is 0.733. The molecule has 0 spiro atoms. The maximum absolute atomic E-state index is 13.2. The predicted octanol–water partition coefficient (Wildman–Crippen LogP) is 2.83. The van der Waals surface area contributed by atoms with E-state index in [4.69, 9.17) is 11.6 Å². The number of carbonyl (C=O) groups is 2. The predicted molar refractivity (Wildman–Crippen MR) is 113 cm³/mol. The van der Waals surface area contributed by atoms with Crippen molar-refractivity contribution in [2.45, 2.75) is 12.5 Å². The number of rotatable bonds is 5. The van der Waals surface area contributed by atoms with Crippen molar-refractivity contribution in [2.24, 2.45) is 0 Å². The minimum Gasteiger partial charge on any atom is -0.374 e. The van der Waals surface area contributed by atoms with E-state index in [0.717, 1.165) is 24.6 Å². The molecule has 0 fully saturated rings. The fraction of sp³-hybridized carbons (Fsp3) is 0.333. The average Bonchev–Trinajstić information content (AvgIpc) is 3.05. The van der Waals surface area contributed by atoms with Gasteiger partial charge in [0.25, 0.3) is 0 Å². The van der Waals surface area contributed by atoms with Gasteiger partial charge in [0.2, 0.25) is 0 Å². The summed E-state index contributed by atoms with van der Waals surface area (Å²) in [5, 5.41) is 4.97. The Bertz CT molecular complexity index is 935. The molecule has 0 aromatic heterocycles. The first-order chi connectivity index (χ1) is 13.8. The van der Waals surface area contributed by atoms with E-state index in [1.54, 1.807) is 0 Å². The van der Waals surface area contributed by atoms with Gasteiger partial charge in [0.15, 0.2) is 0 Å². The maximum Gasteiger partial charge on any atom is 0.313 e. The van der Waals surface area contributed by atoms with Crippen LogP contribution in [0.25, 0.3) is 0 Å². The minimum atomic E-state index is -0.833. The second-order valence-corrected chi connectivity index (χ2v) is 7.74. The van der Waals surface area contributed by atoms with Crippen molar-refractivity contribution in [2.75, 3.05) is 44.4 Å². The second-order valence-electron chi connectivity index (χ2n) is 7.33. The first kappa shape index (κ1) is 21.1. The summed E-state index contributed by atoms with van der Waals surface area (Å²) in [7, 11) is 5.93. The van der Waals surface area contributed by atoms with Gasteiger partial charge in [-0.1, -0.05) is 23.7 Å². The van der Waals surface area contributed by atoms with E-state index in [-0.39, 0.29) is 23.3 Å². The van der Waals surface area contributed by atoms with Crippen molar-refractivity contribution >= 4 is 34.8 Å². The van der Waals surface area contributed by atoms with Gasteiger partial charge in [0.1, 0.15) is 5.82 Å². The average molecular weight is 419 g/mol. The zero-order chi connectivity index (χ0) is 21.1. The van der Waals surface area contributed by atoms with Crippen molar-refractivity contribution in [1.29, 1.82) is 0 Å². The Morgan fingerprint density at radius 1 is 1.21 bits per heavy atom. The molecule has 2 N–H and O–H groups in total. The number of fused-ring (bicyclic) bond motifs is 1. The lowest BCUT2D eigenvalue weighted by molar-refractivity contribution is -0.136. The molecule has 0 aliphatic carbocycles. The highest BCUT2D eigenvalue weighted by Crippen LogP contribution is 2.30. The third-order valence-electron chi connectivity index (χ3n) is 5.08. The molecule has 1 unspecified atom stereocenters. The SMILES string of the molecule is CN1CCc2cc(C(CNC(=O)C(=O)Nc3ccc(F)c(Cl)c3)N(C)C)ccc21. The van der Waals surface area contributed by atoms with E-state index in [1.807, 2.05) is 19.0 Å². The van der Waals surface area contributed by atoms with Gasteiger partial charge in [-0.3, -0.25) is 9.59 Å². The molecule has 0 saturated carbocycles. The number of halogens is 2. The maximum atomic E-state index is 13.2. The Kier molecular flexibility index (Phi) is 6.39. The van der Waals surface area contributed by atoms with Gasteiger partial charge in [-0.15, -0.1) is 0 Å². The van der Waals surface area contributed by atoms with E-state index < -0.39 is 17.6 Å². The molecule has 1 atom stereocenters. The van der Waals surface area contributed by atoms with Crippen molar-refractivity contribution in [3.63, 3.8) is 0 Å². The number of likely N-dealkylation sites (N-methyl/N-ethyl adjacent to an activating group) is 2. The van der Waals surface area contributed by atoms with Gasteiger partial charge in [-0.05, 0) is 55.9 Å². The third kappa shape index (κ3) is 4.86. The molecule has 2 aromatic carbocycles. The number of hydrogen-bond donors (Lipinski definition) is 2. The molecule has 1 aliphatic heterocycles. The summed E-state index contributed by atoms with van der Waals surface area (Å²) in [5.74, 6) is -2.19. The first-order valence-corrected chi connectivity index (χ1v) is 9.68. The van der Waals surface area contributed by atoms with Crippen LogP contribution in [0.3, 0.4) is 0 Å². The lowest BCUT2D eigenvalue weighted by Gasteiger charge is -2.26. The van der Waals surface area contributed by atoms with Crippen LogP contribution in [0.2, 0.25) is 5.02 Å². The van der Waals surface area contributed by atoms with Crippen LogP contribution in [-0.2, 0) is 16.0 Å². The topological polar surface area (TPSA) is 64.7 Å². The Morgan fingerprint density at radius 2 is 1.97 bits per heavy atom. The molecule has 6 nitrogen and oxygen atoms in total. The zero-order valence-corrected chi connectivity index (χ0v) is 17.4. The van der Waals surface area contributed by atoms with Gasteiger partial charge < -0.3 is 20.4 Å². The molecule has 154 valence electrons. The molecule has 1 aliphatic rings. The summed E-state index contributed by atoms with van der Waals surface area (Å²) in [6.45, 7) is 1.27. The monoisotopic (exact) mass is 418 g/mol. The smallest absolute Gasteiger partial charge is 0.313 e. The van der Waals surface area contributed by atoms with Crippen LogP contribution < -0.4 is 15.5 Å². The molecule has 29 heavy (non-hydrogen) atoms. The summed E-state index contributed by atoms with van der Waals surface area (Å²) in [5.41, 5.74) is 3.85. The highest BCUT2D eigenvalue weighted by atomic mass is 35.5. The van der Waals surface area contributed by atoms with Crippen LogP contribution in [0.1, 0.15) is 17.2 Å². The van der Waals surface area contributed by atoms with E-state index in [2.05, 4.69) is 40.8 Å². The third-order valence-corrected chi connectivity index (χ3v) is 5.37. The van der Waals surface area contributed by atoms with Crippen molar-refractivity contribution in [3.05, 3.63) is 58.4 Å². The van der Waals surface area contributed by atoms with Crippen LogP contribution in [-0.4, -0.2) is 50.9 Å². The molecule has 3 rings (SSSR count). The van der Waals surface area contributed by atoms with Crippen LogP contribution in [0.15, 0.2) is 36.4 Å². The summed E-state index contributed by atoms with van der Waals surface area (Å²) in [6, 6.07) is 9.96. The summed E-state index contributed by atoms with van der Waals surface area (Å²) in [6.07, 6.45) is 0.995. The van der Waals surface area contributed by atoms with Gasteiger partial charge >= 0.3 is 11.8 Å². The van der Waals surface area contributed by atoms with Crippen LogP contribution >= 0.6 is 11.6 Å². The largest absolute Gasteiger partial charge is 0.374 e. The lowest BCUT2D eigenvalue weighted by atomic mass is 10.0. The number of amides is 2. The number of nitrogens with one attached hydrogen (secondary N) is 2. The molecule has 8 heteroatoms. The van der Waals surface area contributed by atoms with E-state index in [0.29, 0.717) is 0 Å². The molecule has 0 bridgehead atoms. The summed E-state index contributed by atoms with van der Waals surface area (Å²) >= 11 is 5.70. The van der Waals surface area contributed by atoms with E-state index >= 15 is 0 Å². The number of benzene rings is 2. The first-order valence-electron chi connectivity index (χ1n) is 9.31. The van der Waals surface area contributed by atoms with Crippen LogP contribution in [0, 0.1) is 5.82 Å². The lowest BCUT2D eigenvalue weighted by Crippen LogP contribution is -2.40. The molecule has 2 amide bonds. The molecular weight excluding hydrogens is 395 g/mol. The highest BCUT2D eigenvalue weighted by Gasteiger charge is 2.22. The van der Waals surface area contributed by atoms with Gasteiger partial charge in [-0.2, -0.15) is 0 Å². The normalized spacial score (nSPS) is 13.9. The Labute approximate surface area is 174 Å². The Morgan fingerprint density at radius 3 is 2.66 bits per heavy atom. The van der Waals surface area contributed by atoms with Crippen LogP contribution in [0.4, 0.5) is 15.8 Å². The van der Waals surface area contributed by atoms with Crippen molar-refractivity contribution in [1.82, 2.24) is 10.2 Å².